The van der Waals surface area contributed by atoms with Gasteiger partial charge in [0.1, 0.15) is 12.0 Å². The summed E-state index contributed by atoms with van der Waals surface area (Å²) in [6.45, 7) is 3.53. The Kier molecular flexibility index (Phi) is 7.25. The first kappa shape index (κ1) is 27.3. The Labute approximate surface area is 237 Å². The number of nitrogens with one attached hydrogen (secondary N) is 1. The minimum Gasteiger partial charge on any atom is -0.378 e. The van der Waals surface area contributed by atoms with Crippen molar-refractivity contribution in [1.82, 2.24) is 29.7 Å². The van der Waals surface area contributed by atoms with Crippen LogP contribution in [0.5, 0.6) is 0 Å². The van der Waals surface area contributed by atoms with Crippen LogP contribution in [0, 0.1) is 12.7 Å². The molecule has 42 heavy (non-hydrogen) atoms. The normalized spacial score (nSPS) is 13.8. The van der Waals surface area contributed by atoms with Crippen LogP contribution in [0.1, 0.15) is 11.3 Å². The molecule has 214 valence electrons. The summed E-state index contributed by atoms with van der Waals surface area (Å²) in [5, 5.41) is 7.49. The molecule has 0 aliphatic carbocycles. The molecule has 3 aromatic heterocycles. The third kappa shape index (κ3) is 5.91. The molecule has 0 spiro atoms. The minimum atomic E-state index is -4.62. The number of ether oxygens (including phenoxy) is 1. The first-order valence-corrected chi connectivity index (χ1v) is 13.0. The van der Waals surface area contributed by atoms with Crippen LogP contribution in [0.4, 0.5) is 34.9 Å². The maximum Gasteiger partial charge on any atom is 0.416 e. The van der Waals surface area contributed by atoms with Gasteiger partial charge in [0.15, 0.2) is 11.6 Å². The van der Waals surface area contributed by atoms with Gasteiger partial charge in [-0.3, -0.25) is 4.98 Å². The van der Waals surface area contributed by atoms with Crippen LogP contribution in [0.2, 0.25) is 0 Å². The molecule has 13 heteroatoms. The predicted molar refractivity (Wildman–Crippen MR) is 148 cm³/mol. The van der Waals surface area contributed by atoms with E-state index in [2.05, 4.69) is 30.4 Å². The van der Waals surface area contributed by atoms with Gasteiger partial charge >= 0.3 is 6.18 Å². The van der Waals surface area contributed by atoms with E-state index in [-0.39, 0.29) is 17.2 Å². The van der Waals surface area contributed by atoms with E-state index in [9.17, 15) is 17.6 Å². The van der Waals surface area contributed by atoms with Crippen molar-refractivity contribution in [3.63, 3.8) is 0 Å². The van der Waals surface area contributed by atoms with Gasteiger partial charge in [0.25, 0.3) is 0 Å². The molecule has 4 heterocycles. The molecule has 1 aliphatic heterocycles. The number of benzene rings is 2. The van der Waals surface area contributed by atoms with E-state index >= 15 is 0 Å². The average molecular weight is 577 g/mol. The average Bonchev–Trinajstić information content (AvgIpc) is 3.49. The Morgan fingerprint density at radius 1 is 0.857 bits per heavy atom. The van der Waals surface area contributed by atoms with Crippen molar-refractivity contribution < 1.29 is 22.3 Å². The summed E-state index contributed by atoms with van der Waals surface area (Å²) in [6.07, 6.45) is -0.384. The second kappa shape index (κ2) is 11.2. The maximum absolute atomic E-state index is 14.9. The molecule has 1 aliphatic rings. The van der Waals surface area contributed by atoms with Crippen molar-refractivity contribution in [2.45, 2.75) is 13.1 Å². The topological polar surface area (TPSA) is 93.9 Å². The molecule has 1 N–H and O–H groups in total. The number of halogens is 4. The van der Waals surface area contributed by atoms with Crippen LogP contribution >= 0.6 is 0 Å². The third-order valence-corrected chi connectivity index (χ3v) is 6.69. The summed E-state index contributed by atoms with van der Waals surface area (Å²) < 4.78 is 63.1. The SMILES string of the molecule is Cc1ccc(-c2ncn(-c3ccc(Nc4ncc(F)c(-c5cc(N6CCOCC6)cc(C(F)(F)F)c5)n4)cc3)n2)cn1. The molecule has 1 fully saturated rings. The van der Waals surface area contributed by atoms with Gasteiger partial charge in [-0.1, -0.05) is 0 Å². The maximum atomic E-state index is 14.9. The number of hydrogen-bond donors (Lipinski definition) is 1. The largest absolute Gasteiger partial charge is 0.416 e. The van der Waals surface area contributed by atoms with Crippen molar-refractivity contribution in [2.75, 3.05) is 36.5 Å². The smallest absolute Gasteiger partial charge is 0.378 e. The van der Waals surface area contributed by atoms with Crippen molar-refractivity contribution in [3.05, 3.63) is 90.4 Å². The monoisotopic (exact) mass is 576 g/mol. The zero-order valence-electron chi connectivity index (χ0n) is 22.3. The first-order chi connectivity index (χ1) is 20.2. The number of aryl methyl sites for hydroxylation is 1. The molecule has 5 aromatic rings. The lowest BCUT2D eigenvalue weighted by Gasteiger charge is -2.29. The van der Waals surface area contributed by atoms with Crippen LogP contribution < -0.4 is 10.2 Å². The number of anilines is 3. The van der Waals surface area contributed by atoms with Crippen LogP contribution in [-0.2, 0) is 10.9 Å². The lowest BCUT2D eigenvalue weighted by Crippen LogP contribution is -2.36. The fourth-order valence-electron chi connectivity index (χ4n) is 4.49. The van der Waals surface area contributed by atoms with E-state index in [0.29, 0.717) is 43.5 Å². The number of nitrogens with zero attached hydrogens (tertiary/aromatic N) is 7. The standard InChI is InChI=1S/C29H24F4N8O/c1-18-2-3-19(15-34-18)27-36-17-41(39-27)23-6-4-22(5-7-23)37-28-35-16-25(30)26(38-28)20-12-21(29(31,32)33)14-24(13-20)40-8-10-42-11-9-40/h2-7,12-17H,8-11H2,1H3,(H,35,37,38). The van der Waals surface area contributed by atoms with Gasteiger partial charge in [-0.2, -0.15) is 13.2 Å². The number of aromatic nitrogens is 6. The Morgan fingerprint density at radius 3 is 2.36 bits per heavy atom. The number of morpholine rings is 1. The lowest BCUT2D eigenvalue weighted by molar-refractivity contribution is -0.137. The van der Waals surface area contributed by atoms with Crippen molar-refractivity contribution in [1.29, 1.82) is 0 Å². The molecule has 6 rings (SSSR count). The molecule has 0 unspecified atom stereocenters. The van der Waals surface area contributed by atoms with Crippen LogP contribution in [0.3, 0.4) is 0 Å². The zero-order chi connectivity index (χ0) is 29.3. The molecule has 0 bridgehead atoms. The van der Waals surface area contributed by atoms with Crippen molar-refractivity contribution in [3.8, 4) is 28.3 Å². The highest BCUT2D eigenvalue weighted by atomic mass is 19.4. The van der Waals surface area contributed by atoms with E-state index in [1.807, 2.05) is 19.1 Å². The van der Waals surface area contributed by atoms with Crippen LogP contribution in [-0.4, -0.2) is 56.0 Å². The fraction of sp³-hybridized carbons (Fsp3) is 0.207. The molecular weight excluding hydrogens is 552 g/mol. The van der Waals surface area contributed by atoms with Gasteiger partial charge in [0.2, 0.25) is 5.95 Å². The third-order valence-electron chi connectivity index (χ3n) is 6.69. The summed E-state index contributed by atoms with van der Waals surface area (Å²) in [5.74, 6) is -0.281. The highest BCUT2D eigenvalue weighted by molar-refractivity contribution is 5.69. The second-order valence-corrected chi connectivity index (χ2v) is 9.63. The zero-order valence-corrected chi connectivity index (χ0v) is 22.3. The summed E-state index contributed by atoms with van der Waals surface area (Å²) in [5.41, 5.74) is 2.18. The summed E-state index contributed by atoms with van der Waals surface area (Å²) >= 11 is 0. The molecule has 0 saturated carbocycles. The highest BCUT2D eigenvalue weighted by Crippen LogP contribution is 2.36. The molecule has 1 saturated heterocycles. The Bertz CT molecular complexity index is 1700. The Balaban J connectivity index is 1.24. The number of pyridine rings is 1. The second-order valence-electron chi connectivity index (χ2n) is 9.63. The highest BCUT2D eigenvalue weighted by Gasteiger charge is 2.32. The van der Waals surface area contributed by atoms with Gasteiger partial charge in [-0.15, -0.1) is 5.10 Å². The van der Waals surface area contributed by atoms with E-state index < -0.39 is 17.6 Å². The van der Waals surface area contributed by atoms with Crippen molar-refractivity contribution in [2.24, 2.45) is 0 Å². The number of alkyl halides is 3. The predicted octanol–water partition coefficient (Wildman–Crippen LogP) is 5.83. The van der Waals surface area contributed by atoms with Gasteiger partial charge in [0.05, 0.1) is 30.7 Å². The number of hydrogen-bond acceptors (Lipinski definition) is 8. The summed E-state index contributed by atoms with van der Waals surface area (Å²) in [7, 11) is 0. The van der Waals surface area contributed by atoms with E-state index in [0.717, 1.165) is 35.3 Å². The van der Waals surface area contributed by atoms with Gasteiger partial charge in [0, 0.05) is 47.5 Å². The van der Waals surface area contributed by atoms with Crippen molar-refractivity contribution >= 4 is 17.3 Å². The van der Waals surface area contributed by atoms with Gasteiger partial charge in [-0.25, -0.2) is 24.0 Å². The molecular formula is C29H24F4N8O. The minimum absolute atomic E-state index is 0.00428. The molecule has 0 atom stereocenters. The molecule has 0 amide bonds. The quantitative estimate of drug-likeness (QED) is 0.252. The van der Waals surface area contributed by atoms with Crippen LogP contribution in [0.15, 0.2) is 73.3 Å². The Morgan fingerprint density at radius 2 is 1.64 bits per heavy atom. The van der Waals surface area contributed by atoms with E-state index in [1.54, 1.807) is 46.4 Å². The Hall–Kier alpha value is -4.91. The molecule has 0 radical (unpaired) electrons. The lowest BCUT2D eigenvalue weighted by atomic mass is 10.0. The molecule has 2 aromatic carbocycles. The van der Waals surface area contributed by atoms with Gasteiger partial charge in [-0.05, 0) is 61.5 Å². The first-order valence-electron chi connectivity index (χ1n) is 13.0. The number of rotatable bonds is 6. The van der Waals surface area contributed by atoms with Crippen LogP contribution in [0.25, 0.3) is 28.3 Å². The van der Waals surface area contributed by atoms with Gasteiger partial charge < -0.3 is 15.0 Å². The summed E-state index contributed by atoms with van der Waals surface area (Å²) in [6, 6.07) is 14.3. The molecule has 9 nitrogen and oxygen atoms in total. The fourth-order valence-corrected chi connectivity index (χ4v) is 4.49. The summed E-state index contributed by atoms with van der Waals surface area (Å²) in [4.78, 5) is 18.6. The van der Waals surface area contributed by atoms with E-state index in [4.69, 9.17) is 4.74 Å². The van der Waals surface area contributed by atoms with E-state index in [1.165, 1.54) is 6.07 Å².